The smallest absolute Gasteiger partial charge is 0.264 e. The maximum absolute atomic E-state index is 14.5. The molecule has 0 aromatic heterocycles. The van der Waals surface area contributed by atoms with Crippen LogP contribution in [0.4, 0.5) is 5.69 Å². The van der Waals surface area contributed by atoms with Gasteiger partial charge in [-0.05, 0) is 49.2 Å². The van der Waals surface area contributed by atoms with Gasteiger partial charge in [0.15, 0.2) is 0 Å². The van der Waals surface area contributed by atoms with E-state index in [1.807, 2.05) is 74.5 Å². The molecule has 0 radical (unpaired) electrons. The topological polar surface area (TPSA) is 105 Å². The number of sulfonamides is 1. The predicted octanol–water partition coefficient (Wildman–Crippen LogP) is 4.98. The molecular formula is C35H39N3O6S. The number of likely N-dealkylation sites (N-methyl/N-ethyl adjacent to an activating group) is 1. The fourth-order valence-corrected chi connectivity index (χ4v) is 6.39. The highest BCUT2D eigenvalue weighted by molar-refractivity contribution is 7.92. The maximum atomic E-state index is 14.5. The summed E-state index contributed by atoms with van der Waals surface area (Å²) in [6, 6.07) is 29.0. The van der Waals surface area contributed by atoms with Gasteiger partial charge in [0.05, 0.1) is 24.8 Å². The third-order valence-corrected chi connectivity index (χ3v) is 9.13. The van der Waals surface area contributed by atoms with Gasteiger partial charge in [-0.1, -0.05) is 78.4 Å². The lowest BCUT2D eigenvalue weighted by atomic mass is 10.0. The number of nitrogens with zero attached hydrogens (tertiary/aromatic N) is 2. The van der Waals surface area contributed by atoms with E-state index in [1.54, 1.807) is 24.3 Å². The zero-order chi connectivity index (χ0) is 32.4. The van der Waals surface area contributed by atoms with Crippen molar-refractivity contribution in [3.05, 3.63) is 120 Å². The van der Waals surface area contributed by atoms with E-state index in [9.17, 15) is 18.0 Å². The van der Waals surface area contributed by atoms with Crippen molar-refractivity contribution in [2.24, 2.45) is 0 Å². The molecule has 0 saturated heterocycles. The van der Waals surface area contributed by atoms with Crippen molar-refractivity contribution in [3.63, 3.8) is 0 Å². The molecule has 4 aromatic rings. The fourth-order valence-electron chi connectivity index (χ4n) is 4.97. The fraction of sp³-hybridized carbons (Fsp3) is 0.257. The summed E-state index contributed by atoms with van der Waals surface area (Å²) in [5, 5.41) is 2.87. The lowest BCUT2D eigenvalue weighted by Gasteiger charge is -2.34. The van der Waals surface area contributed by atoms with Crippen LogP contribution in [0, 0.1) is 6.92 Å². The summed E-state index contributed by atoms with van der Waals surface area (Å²) in [5.41, 5.74) is 2.66. The van der Waals surface area contributed by atoms with Crippen LogP contribution in [-0.4, -0.2) is 58.5 Å². The number of amides is 2. The van der Waals surface area contributed by atoms with Crippen LogP contribution in [0.1, 0.15) is 23.6 Å². The van der Waals surface area contributed by atoms with Crippen molar-refractivity contribution in [2.45, 2.75) is 37.8 Å². The van der Waals surface area contributed by atoms with E-state index in [0.29, 0.717) is 12.3 Å². The minimum absolute atomic E-state index is 0.00458. The van der Waals surface area contributed by atoms with E-state index in [0.717, 1.165) is 21.0 Å². The number of nitrogens with one attached hydrogen (secondary N) is 1. The molecule has 236 valence electrons. The van der Waals surface area contributed by atoms with E-state index in [2.05, 4.69) is 5.32 Å². The van der Waals surface area contributed by atoms with Crippen molar-refractivity contribution < 1.29 is 27.5 Å². The molecule has 1 atom stereocenters. The van der Waals surface area contributed by atoms with Crippen LogP contribution < -0.4 is 19.1 Å². The summed E-state index contributed by atoms with van der Waals surface area (Å²) in [5.74, 6) is -0.282. The molecule has 45 heavy (non-hydrogen) atoms. The molecule has 2 amide bonds. The number of anilines is 1. The Balaban J connectivity index is 1.85. The molecule has 0 fully saturated rings. The summed E-state index contributed by atoms with van der Waals surface area (Å²) in [4.78, 5) is 29.6. The lowest BCUT2D eigenvalue weighted by Crippen LogP contribution is -2.53. The Kier molecular flexibility index (Phi) is 11.2. The molecule has 0 saturated carbocycles. The summed E-state index contributed by atoms with van der Waals surface area (Å²) in [7, 11) is -1.40. The van der Waals surface area contributed by atoms with Gasteiger partial charge in [0.25, 0.3) is 10.0 Å². The van der Waals surface area contributed by atoms with Crippen LogP contribution >= 0.6 is 0 Å². The van der Waals surface area contributed by atoms with Gasteiger partial charge in [-0.3, -0.25) is 13.9 Å². The van der Waals surface area contributed by atoms with Gasteiger partial charge in [0, 0.05) is 25.6 Å². The van der Waals surface area contributed by atoms with Gasteiger partial charge in [-0.2, -0.15) is 0 Å². The molecule has 4 rings (SSSR count). The number of aryl methyl sites for hydroxylation is 1. The highest BCUT2D eigenvalue weighted by Crippen LogP contribution is 2.36. The molecule has 0 spiro atoms. The molecular weight excluding hydrogens is 590 g/mol. The van der Waals surface area contributed by atoms with E-state index in [4.69, 9.17) is 9.47 Å². The van der Waals surface area contributed by atoms with Crippen LogP contribution in [0.5, 0.6) is 11.5 Å². The first-order valence-electron chi connectivity index (χ1n) is 14.6. The van der Waals surface area contributed by atoms with Crippen LogP contribution in [-0.2, 0) is 32.6 Å². The molecule has 0 unspecified atom stereocenters. The zero-order valence-electron chi connectivity index (χ0n) is 26.0. The Morgan fingerprint density at radius 1 is 0.822 bits per heavy atom. The summed E-state index contributed by atoms with van der Waals surface area (Å²) < 4.78 is 40.6. The Labute approximate surface area is 265 Å². The Bertz CT molecular complexity index is 1680. The van der Waals surface area contributed by atoms with E-state index in [1.165, 1.54) is 37.3 Å². The van der Waals surface area contributed by atoms with Crippen molar-refractivity contribution >= 4 is 27.5 Å². The molecule has 0 aliphatic rings. The largest absolute Gasteiger partial charge is 0.497 e. The number of rotatable bonds is 14. The van der Waals surface area contributed by atoms with E-state index in [-0.39, 0.29) is 35.2 Å². The second kappa shape index (κ2) is 15.3. The number of ether oxygens (including phenoxy) is 2. The average molecular weight is 630 g/mol. The van der Waals surface area contributed by atoms with Crippen LogP contribution in [0.3, 0.4) is 0 Å². The van der Waals surface area contributed by atoms with Crippen LogP contribution in [0.2, 0.25) is 0 Å². The van der Waals surface area contributed by atoms with Crippen molar-refractivity contribution in [3.8, 4) is 11.5 Å². The van der Waals surface area contributed by atoms with Crippen molar-refractivity contribution in [2.75, 3.05) is 31.6 Å². The molecule has 10 heteroatoms. The third kappa shape index (κ3) is 8.21. The SMILES string of the molecule is CCNC(=O)[C@@H](Cc1ccccc1)N(Cc1ccccc1)C(=O)CN(c1cc(OC)ccc1OC)S(=O)(=O)c1ccc(C)cc1. The minimum Gasteiger partial charge on any atom is -0.497 e. The lowest BCUT2D eigenvalue weighted by molar-refractivity contribution is -0.140. The van der Waals surface area contributed by atoms with Crippen LogP contribution in [0.15, 0.2) is 108 Å². The van der Waals surface area contributed by atoms with Crippen LogP contribution in [0.25, 0.3) is 0 Å². The molecule has 4 aromatic carbocycles. The first-order valence-corrected chi connectivity index (χ1v) is 16.1. The number of benzene rings is 4. The van der Waals surface area contributed by atoms with Crippen molar-refractivity contribution in [1.82, 2.24) is 10.2 Å². The number of hydrogen-bond acceptors (Lipinski definition) is 6. The van der Waals surface area contributed by atoms with Gasteiger partial charge in [0.1, 0.15) is 24.1 Å². The summed E-state index contributed by atoms with van der Waals surface area (Å²) in [6.07, 6.45) is 0.235. The molecule has 0 bridgehead atoms. The highest BCUT2D eigenvalue weighted by atomic mass is 32.2. The minimum atomic E-state index is -4.30. The quantitative estimate of drug-likeness (QED) is 0.211. The van der Waals surface area contributed by atoms with Gasteiger partial charge >= 0.3 is 0 Å². The molecule has 1 N–H and O–H groups in total. The number of carbonyl (C=O) groups excluding carboxylic acids is 2. The van der Waals surface area contributed by atoms with Gasteiger partial charge < -0.3 is 19.7 Å². The molecule has 0 heterocycles. The van der Waals surface area contributed by atoms with Crippen molar-refractivity contribution in [1.29, 1.82) is 0 Å². The number of hydrogen-bond donors (Lipinski definition) is 1. The molecule has 0 aliphatic carbocycles. The average Bonchev–Trinajstić information content (AvgIpc) is 3.06. The summed E-state index contributed by atoms with van der Waals surface area (Å²) in [6.45, 7) is 3.52. The van der Waals surface area contributed by atoms with E-state index >= 15 is 0 Å². The third-order valence-electron chi connectivity index (χ3n) is 7.36. The highest BCUT2D eigenvalue weighted by Gasteiger charge is 2.35. The van der Waals surface area contributed by atoms with Gasteiger partial charge in [-0.25, -0.2) is 8.42 Å². The standard InChI is InChI=1S/C35H39N3O6S/c1-5-36-35(40)32(22-27-12-8-6-9-13-27)37(24-28-14-10-7-11-15-28)34(39)25-38(31-23-29(43-3)18-21-33(31)44-4)45(41,42)30-19-16-26(2)17-20-30/h6-21,23,32H,5,22,24-25H2,1-4H3,(H,36,40)/t32-/m1/s1. The molecule has 0 aliphatic heterocycles. The first kappa shape index (κ1) is 33.1. The second-order valence-electron chi connectivity index (χ2n) is 10.5. The molecule has 9 nitrogen and oxygen atoms in total. The first-order chi connectivity index (χ1) is 21.7. The number of methoxy groups -OCH3 is 2. The predicted molar refractivity (Wildman–Crippen MR) is 175 cm³/mol. The normalized spacial score (nSPS) is 11.7. The monoisotopic (exact) mass is 629 g/mol. The maximum Gasteiger partial charge on any atom is 0.264 e. The van der Waals surface area contributed by atoms with Gasteiger partial charge in [-0.15, -0.1) is 0 Å². The Morgan fingerprint density at radius 3 is 2.02 bits per heavy atom. The number of carbonyl (C=O) groups is 2. The second-order valence-corrected chi connectivity index (χ2v) is 12.3. The van der Waals surface area contributed by atoms with Gasteiger partial charge in [0.2, 0.25) is 11.8 Å². The summed E-state index contributed by atoms with van der Waals surface area (Å²) >= 11 is 0. The zero-order valence-corrected chi connectivity index (χ0v) is 26.8. The van der Waals surface area contributed by atoms with E-state index < -0.39 is 28.5 Å². The Hall–Kier alpha value is -4.83. The Morgan fingerprint density at radius 2 is 1.44 bits per heavy atom.